The molecule has 2 heterocycles. The number of para-hydroxylation sites is 1. The normalized spacial score (nSPS) is 17.5. The van der Waals surface area contributed by atoms with Gasteiger partial charge in [-0.2, -0.15) is 0 Å². The van der Waals surface area contributed by atoms with Gasteiger partial charge in [0.05, 0.1) is 12.7 Å². The van der Waals surface area contributed by atoms with Crippen LogP contribution in [0, 0.1) is 0 Å². The van der Waals surface area contributed by atoms with Crippen molar-refractivity contribution in [3.05, 3.63) is 35.3 Å². The zero-order valence-corrected chi connectivity index (χ0v) is 14.1. The van der Waals surface area contributed by atoms with Crippen LogP contribution in [0.4, 0.5) is 0 Å². The van der Waals surface area contributed by atoms with Crippen molar-refractivity contribution < 1.29 is 19.4 Å². The van der Waals surface area contributed by atoms with Crippen molar-refractivity contribution in [2.75, 3.05) is 13.7 Å². The van der Waals surface area contributed by atoms with E-state index in [2.05, 4.69) is 4.98 Å². The van der Waals surface area contributed by atoms with E-state index in [9.17, 15) is 14.7 Å². The average Bonchev–Trinajstić information content (AvgIpc) is 3.11. The van der Waals surface area contributed by atoms with Gasteiger partial charge in [0.2, 0.25) is 0 Å². The van der Waals surface area contributed by atoms with Crippen molar-refractivity contribution in [1.82, 2.24) is 9.88 Å². The zero-order valence-electron chi connectivity index (χ0n) is 13.3. The molecule has 0 aliphatic carbocycles. The third kappa shape index (κ3) is 3.12. The van der Waals surface area contributed by atoms with Gasteiger partial charge in [-0.15, -0.1) is 11.3 Å². The van der Waals surface area contributed by atoms with Crippen LogP contribution in [-0.4, -0.2) is 46.6 Å². The van der Waals surface area contributed by atoms with Crippen LogP contribution in [0.3, 0.4) is 0 Å². The number of carboxylic acids is 1. The second-order valence-electron chi connectivity index (χ2n) is 5.59. The third-order valence-corrected chi connectivity index (χ3v) is 4.98. The molecule has 1 saturated heterocycles. The molecule has 1 aromatic heterocycles. The summed E-state index contributed by atoms with van der Waals surface area (Å²) in [4.78, 5) is 29.9. The Balaban J connectivity index is 1.87. The van der Waals surface area contributed by atoms with Crippen molar-refractivity contribution in [2.45, 2.75) is 25.3 Å². The smallest absolute Gasteiger partial charge is 0.326 e. The lowest BCUT2D eigenvalue weighted by atomic mass is 10.0. The number of piperidine rings is 1. The minimum atomic E-state index is -0.955. The molecule has 1 atom stereocenters. The van der Waals surface area contributed by atoms with E-state index in [1.807, 2.05) is 24.3 Å². The van der Waals surface area contributed by atoms with E-state index in [1.54, 1.807) is 12.5 Å². The quantitative estimate of drug-likeness (QED) is 0.921. The summed E-state index contributed by atoms with van der Waals surface area (Å²) in [6, 6.07) is 6.71. The number of carbonyl (C=O) groups is 2. The Labute approximate surface area is 143 Å². The first kappa shape index (κ1) is 16.4. The average molecular weight is 346 g/mol. The number of benzene rings is 1. The van der Waals surface area contributed by atoms with Crippen LogP contribution >= 0.6 is 11.3 Å². The maximum Gasteiger partial charge on any atom is 0.326 e. The summed E-state index contributed by atoms with van der Waals surface area (Å²) in [5.41, 5.74) is 1.10. The monoisotopic (exact) mass is 346 g/mol. The van der Waals surface area contributed by atoms with Gasteiger partial charge in [-0.1, -0.05) is 12.1 Å². The van der Waals surface area contributed by atoms with Crippen LogP contribution in [0.1, 0.15) is 29.8 Å². The summed E-state index contributed by atoms with van der Waals surface area (Å²) in [7, 11) is 1.59. The van der Waals surface area contributed by atoms with E-state index in [0.717, 1.165) is 18.4 Å². The molecular formula is C17H18N2O4S. The highest BCUT2D eigenvalue weighted by molar-refractivity contribution is 7.13. The molecule has 0 unspecified atom stereocenters. The fraction of sp³-hybridized carbons (Fsp3) is 0.353. The molecule has 1 aromatic carbocycles. The molecule has 1 N–H and O–H groups in total. The van der Waals surface area contributed by atoms with Crippen molar-refractivity contribution in [3.63, 3.8) is 0 Å². The Kier molecular flexibility index (Phi) is 4.80. The zero-order chi connectivity index (χ0) is 17.1. The van der Waals surface area contributed by atoms with Crippen LogP contribution in [0.15, 0.2) is 29.6 Å². The van der Waals surface area contributed by atoms with Crippen molar-refractivity contribution in [3.8, 4) is 16.3 Å². The van der Waals surface area contributed by atoms with E-state index in [0.29, 0.717) is 23.7 Å². The van der Waals surface area contributed by atoms with Crippen LogP contribution < -0.4 is 4.74 Å². The van der Waals surface area contributed by atoms with E-state index in [4.69, 9.17) is 4.74 Å². The summed E-state index contributed by atoms with van der Waals surface area (Å²) >= 11 is 1.35. The van der Waals surface area contributed by atoms with Crippen molar-refractivity contribution in [1.29, 1.82) is 0 Å². The molecule has 24 heavy (non-hydrogen) atoms. The number of nitrogens with zero attached hydrogens (tertiary/aromatic N) is 2. The Morgan fingerprint density at radius 2 is 2.12 bits per heavy atom. The number of hydrogen-bond acceptors (Lipinski definition) is 5. The molecule has 0 radical (unpaired) electrons. The molecule has 0 saturated carbocycles. The lowest BCUT2D eigenvalue weighted by Gasteiger charge is -2.32. The first-order valence-electron chi connectivity index (χ1n) is 7.74. The Morgan fingerprint density at radius 1 is 1.33 bits per heavy atom. The van der Waals surface area contributed by atoms with Crippen LogP contribution in [-0.2, 0) is 4.79 Å². The Bertz CT molecular complexity index is 759. The largest absolute Gasteiger partial charge is 0.496 e. The summed E-state index contributed by atoms with van der Waals surface area (Å²) < 4.78 is 5.33. The standard InChI is InChI=1S/C17H18N2O4S/c1-23-14-8-3-2-6-11(14)15-18-12(10-24-15)16(20)19-9-5-4-7-13(19)17(21)22/h2-3,6,8,10,13H,4-5,7,9H2,1H3,(H,21,22)/t13-/m0/s1. The van der Waals surface area contributed by atoms with Gasteiger partial charge in [0.1, 0.15) is 22.5 Å². The van der Waals surface area contributed by atoms with Gasteiger partial charge in [0.15, 0.2) is 0 Å². The van der Waals surface area contributed by atoms with E-state index in [-0.39, 0.29) is 11.6 Å². The summed E-state index contributed by atoms with van der Waals surface area (Å²) in [6.45, 7) is 0.456. The predicted molar refractivity (Wildman–Crippen MR) is 90.4 cm³/mol. The number of aliphatic carboxylic acids is 1. The number of aromatic nitrogens is 1. The maximum atomic E-state index is 12.7. The SMILES string of the molecule is COc1ccccc1-c1nc(C(=O)N2CCCC[C@H]2C(=O)O)cs1. The van der Waals surface area contributed by atoms with Gasteiger partial charge in [-0.05, 0) is 31.4 Å². The second kappa shape index (κ2) is 7.00. The molecule has 1 amide bonds. The number of amides is 1. The number of methoxy groups -OCH3 is 1. The number of hydrogen-bond donors (Lipinski definition) is 1. The molecule has 126 valence electrons. The fourth-order valence-electron chi connectivity index (χ4n) is 2.90. The highest BCUT2D eigenvalue weighted by Gasteiger charge is 2.33. The molecule has 3 rings (SSSR count). The molecule has 1 aliphatic rings. The molecule has 0 bridgehead atoms. The molecule has 1 aliphatic heterocycles. The van der Waals surface area contributed by atoms with E-state index in [1.165, 1.54) is 16.2 Å². The Hall–Kier alpha value is -2.41. The molecule has 6 nitrogen and oxygen atoms in total. The van der Waals surface area contributed by atoms with Gasteiger partial charge >= 0.3 is 5.97 Å². The van der Waals surface area contributed by atoms with Crippen LogP contribution in [0.2, 0.25) is 0 Å². The Morgan fingerprint density at radius 3 is 2.88 bits per heavy atom. The minimum absolute atomic E-state index is 0.286. The highest BCUT2D eigenvalue weighted by atomic mass is 32.1. The number of likely N-dealkylation sites (tertiary alicyclic amines) is 1. The molecular weight excluding hydrogens is 328 g/mol. The number of carbonyl (C=O) groups excluding carboxylic acids is 1. The lowest BCUT2D eigenvalue weighted by molar-refractivity contribution is -0.143. The van der Waals surface area contributed by atoms with E-state index >= 15 is 0 Å². The lowest BCUT2D eigenvalue weighted by Crippen LogP contribution is -2.48. The first-order valence-corrected chi connectivity index (χ1v) is 8.62. The first-order chi connectivity index (χ1) is 11.6. The number of carboxylic acid groups (broad SMARTS) is 1. The van der Waals surface area contributed by atoms with Gasteiger partial charge in [0, 0.05) is 11.9 Å². The topological polar surface area (TPSA) is 79.7 Å². The predicted octanol–water partition coefficient (Wildman–Crippen LogP) is 2.90. The van der Waals surface area contributed by atoms with Gasteiger partial charge < -0.3 is 14.7 Å². The molecule has 0 spiro atoms. The minimum Gasteiger partial charge on any atom is -0.496 e. The van der Waals surface area contributed by atoms with Crippen LogP contribution in [0.25, 0.3) is 10.6 Å². The number of thiazole rings is 1. The summed E-state index contributed by atoms with van der Waals surface area (Å²) in [5.74, 6) is -0.588. The summed E-state index contributed by atoms with van der Waals surface area (Å²) in [6.07, 6.45) is 2.13. The highest BCUT2D eigenvalue weighted by Crippen LogP contribution is 2.32. The van der Waals surface area contributed by atoms with Crippen molar-refractivity contribution in [2.24, 2.45) is 0 Å². The van der Waals surface area contributed by atoms with Gasteiger partial charge in [-0.25, -0.2) is 9.78 Å². The van der Waals surface area contributed by atoms with E-state index < -0.39 is 12.0 Å². The van der Waals surface area contributed by atoms with Crippen LogP contribution in [0.5, 0.6) is 5.75 Å². The van der Waals surface area contributed by atoms with Gasteiger partial charge in [0.25, 0.3) is 5.91 Å². The third-order valence-electron chi connectivity index (χ3n) is 4.11. The molecule has 1 fully saturated rings. The molecule has 7 heteroatoms. The second-order valence-corrected chi connectivity index (χ2v) is 6.44. The number of rotatable bonds is 4. The maximum absolute atomic E-state index is 12.7. The van der Waals surface area contributed by atoms with Crippen molar-refractivity contribution >= 4 is 23.2 Å². The molecule has 2 aromatic rings. The number of ether oxygens (including phenoxy) is 1. The summed E-state index contributed by atoms with van der Waals surface area (Å²) in [5, 5.41) is 11.7. The van der Waals surface area contributed by atoms with Gasteiger partial charge in [-0.3, -0.25) is 4.79 Å². The fourth-order valence-corrected chi connectivity index (χ4v) is 3.72.